The van der Waals surface area contributed by atoms with Gasteiger partial charge >= 0.3 is 0 Å². The Labute approximate surface area is 125 Å². The second-order valence-corrected chi connectivity index (χ2v) is 8.00. The number of rotatable bonds is 3. The van der Waals surface area contributed by atoms with Gasteiger partial charge in [-0.05, 0) is 44.5 Å². The van der Waals surface area contributed by atoms with Crippen molar-refractivity contribution in [2.75, 3.05) is 25.4 Å². The van der Waals surface area contributed by atoms with E-state index in [1.807, 2.05) is 13.8 Å². The van der Waals surface area contributed by atoms with Gasteiger partial charge in [0.15, 0.2) is 0 Å². The van der Waals surface area contributed by atoms with Gasteiger partial charge in [0.1, 0.15) is 0 Å². The first kappa shape index (κ1) is 16.2. The van der Waals surface area contributed by atoms with Crippen LogP contribution in [0.4, 0.5) is 5.69 Å². The highest BCUT2D eigenvalue weighted by Crippen LogP contribution is 2.27. The molecule has 6 nitrogen and oxygen atoms in total. The number of nitrogen functional groups attached to an aromatic ring is 1. The summed E-state index contributed by atoms with van der Waals surface area (Å²) in [5, 5.41) is 9.30. The van der Waals surface area contributed by atoms with E-state index < -0.39 is 21.7 Å². The molecule has 1 atom stereocenters. The van der Waals surface area contributed by atoms with Crippen molar-refractivity contribution in [3.05, 3.63) is 23.8 Å². The molecule has 0 spiro atoms. The number of morpholine rings is 1. The number of nitrogens with two attached hydrogens (primary N) is 1. The number of hydrogen-bond acceptors (Lipinski definition) is 5. The van der Waals surface area contributed by atoms with Crippen LogP contribution in [-0.4, -0.2) is 49.2 Å². The summed E-state index contributed by atoms with van der Waals surface area (Å²) in [5.41, 5.74) is 6.31. The Kier molecular flexibility index (Phi) is 4.30. The number of benzene rings is 1. The maximum atomic E-state index is 12.8. The Morgan fingerprint density at radius 3 is 2.67 bits per heavy atom. The van der Waals surface area contributed by atoms with Gasteiger partial charge in [-0.3, -0.25) is 0 Å². The van der Waals surface area contributed by atoms with Crippen LogP contribution in [-0.2, 0) is 14.8 Å². The van der Waals surface area contributed by atoms with Crippen LogP contribution in [0.3, 0.4) is 0 Å². The number of aliphatic hydroxyl groups is 1. The van der Waals surface area contributed by atoms with Crippen LogP contribution < -0.4 is 5.73 Å². The van der Waals surface area contributed by atoms with Crippen LogP contribution in [0.2, 0.25) is 0 Å². The summed E-state index contributed by atoms with van der Waals surface area (Å²) in [7, 11) is -3.66. The maximum absolute atomic E-state index is 12.8. The van der Waals surface area contributed by atoms with Crippen molar-refractivity contribution < 1.29 is 18.3 Å². The van der Waals surface area contributed by atoms with E-state index in [9.17, 15) is 13.5 Å². The first-order valence-electron chi connectivity index (χ1n) is 6.80. The van der Waals surface area contributed by atoms with Crippen molar-refractivity contribution in [3.63, 3.8) is 0 Å². The van der Waals surface area contributed by atoms with Crippen LogP contribution in [0, 0.1) is 6.92 Å². The predicted molar refractivity (Wildman–Crippen MR) is 80.4 cm³/mol. The molecule has 1 heterocycles. The maximum Gasteiger partial charge on any atom is 0.243 e. The van der Waals surface area contributed by atoms with Crippen LogP contribution in [0.5, 0.6) is 0 Å². The van der Waals surface area contributed by atoms with Crippen LogP contribution in [0.1, 0.15) is 19.4 Å². The molecule has 0 aromatic heterocycles. The standard InChI is InChI=1S/C14H22N2O4S/c1-10-4-11(15)6-13(5-10)21(18,19)16-7-12(8-17)20-14(2,3)9-16/h4-6,12,17H,7-9,15H2,1-3H3. The number of sulfonamides is 1. The van der Waals surface area contributed by atoms with Crippen LogP contribution in [0.15, 0.2) is 23.1 Å². The van der Waals surface area contributed by atoms with E-state index in [4.69, 9.17) is 10.5 Å². The Morgan fingerprint density at radius 2 is 2.10 bits per heavy atom. The van der Waals surface area contributed by atoms with Gasteiger partial charge in [-0.1, -0.05) is 0 Å². The summed E-state index contributed by atoms with van der Waals surface area (Å²) in [6, 6.07) is 4.78. The minimum atomic E-state index is -3.66. The lowest BCUT2D eigenvalue weighted by Gasteiger charge is -2.41. The molecule has 2 rings (SSSR count). The van der Waals surface area contributed by atoms with Crippen molar-refractivity contribution >= 4 is 15.7 Å². The SMILES string of the molecule is Cc1cc(N)cc(S(=O)(=O)N2CC(CO)OC(C)(C)C2)c1. The number of hydrogen-bond donors (Lipinski definition) is 2. The topological polar surface area (TPSA) is 92.9 Å². The molecule has 1 fully saturated rings. The molecule has 0 radical (unpaired) electrons. The zero-order valence-corrected chi connectivity index (χ0v) is 13.4. The van der Waals surface area contributed by atoms with E-state index in [1.54, 1.807) is 19.1 Å². The Morgan fingerprint density at radius 1 is 1.43 bits per heavy atom. The zero-order valence-electron chi connectivity index (χ0n) is 12.5. The smallest absolute Gasteiger partial charge is 0.243 e. The molecule has 0 saturated carbocycles. The lowest BCUT2D eigenvalue weighted by Crippen LogP contribution is -2.55. The number of ether oxygens (including phenoxy) is 1. The Bertz CT molecular complexity index is 608. The molecule has 1 aliphatic rings. The van der Waals surface area contributed by atoms with Crippen molar-refractivity contribution in [2.24, 2.45) is 0 Å². The molecule has 1 aliphatic heterocycles. The highest BCUT2D eigenvalue weighted by molar-refractivity contribution is 7.89. The fraction of sp³-hybridized carbons (Fsp3) is 0.571. The van der Waals surface area contributed by atoms with Gasteiger partial charge in [0, 0.05) is 18.8 Å². The van der Waals surface area contributed by atoms with E-state index >= 15 is 0 Å². The molecule has 1 saturated heterocycles. The van der Waals surface area contributed by atoms with Crippen molar-refractivity contribution in [3.8, 4) is 0 Å². The number of aryl methyl sites for hydroxylation is 1. The van der Waals surface area contributed by atoms with Gasteiger partial charge in [-0.25, -0.2) is 8.42 Å². The summed E-state index contributed by atoms with van der Waals surface area (Å²) >= 11 is 0. The normalized spacial score (nSPS) is 23.1. The van der Waals surface area contributed by atoms with Gasteiger partial charge < -0.3 is 15.6 Å². The number of anilines is 1. The molecular formula is C14H22N2O4S. The predicted octanol–water partition coefficient (Wildman–Crippen LogP) is 0.738. The van der Waals surface area contributed by atoms with Crippen LogP contribution in [0.25, 0.3) is 0 Å². The second-order valence-electron chi connectivity index (χ2n) is 6.06. The van der Waals surface area contributed by atoms with E-state index in [0.29, 0.717) is 5.69 Å². The molecule has 1 unspecified atom stereocenters. The molecule has 7 heteroatoms. The van der Waals surface area contributed by atoms with Crippen molar-refractivity contribution in [1.82, 2.24) is 4.31 Å². The number of aliphatic hydroxyl groups excluding tert-OH is 1. The largest absolute Gasteiger partial charge is 0.399 e. The third-order valence-electron chi connectivity index (χ3n) is 3.36. The Balaban J connectivity index is 2.38. The third-order valence-corrected chi connectivity index (χ3v) is 5.15. The summed E-state index contributed by atoms with van der Waals surface area (Å²) in [6.07, 6.45) is -0.523. The third kappa shape index (κ3) is 3.55. The minimum absolute atomic E-state index is 0.135. The molecular weight excluding hydrogens is 292 g/mol. The Hall–Kier alpha value is -1.15. The summed E-state index contributed by atoms with van der Waals surface area (Å²) < 4.78 is 32.6. The molecule has 1 aromatic carbocycles. The minimum Gasteiger partial charge on any atom is -0.399 e. The lowest BCUT2D eigenvalue weighted by atomic mass is 10.1. The van der Waals surface area contributed by atoms with Crippen LogP contribution >= 0.6 is 0 Å². The van der Waals surface area contributed by atoms with Gasteiger partial charge in [0.05, 0.1) is 23.2 Å². The zero-order chi connectivity index (χ0) is 15.8. The summed E-state index contributed by atoms with van der Waals surface area (Å²) in [5.74, 6) is 0. The molecule has 1 aromatic rings. The summed E-state index contributed by atoms with van der Waals surface area (Å²) in [4.78, 5) is 0.175. The van der Waals surface area contributed by atoms with Crippen molar-refractivity contribution in [2.45, 2.75) is 37.4 Å². The monoisotopic (exact) mass is 314 g/mol. The van der Waals surface area contributed by atoms with Gasteiger partial charge in [-0.2, -0.15) is 4.31 Å². The average molecular weight is 314 g/mol. The fourth-order valence-corrected chi connectivity index (χ4v) is 4.36. The second kappa shape index (κ2) is 5.57. The summed E-state index contributed by atoms with van der Waals surface area (Å²) in [6.45, 7) is 5.57. The molecule has 0 aliphatic carbocycles. The molecule has 21 heavy (non-hydrogen) atoms. The molecule has 118 valence electrons. The molecule has 3 N–H and O–H groups in total. The van der Waals surface area contributed by atoms with E-state index in [-0.39, 0.29) is 24.6 Å². The average Bonchev–Trinajstić information content (AvgIpc) is 2.35. The van der Waals surface area contributed by atoms with Crippen molar-refractivity contribution in [1.29, 1.82) is 0 Å². The fourth-order valence-electron chi connectivity index (χ4n) is 2.59. The van der Waals surface area contributed by atoms with Gasteiger partial charge in [-0.15, -0.1) is 0 Å². The number of nitrogens with zero attached hydrogens (tertiary/aromatic N) is 1. The first-order chi connectivity index (χ1) is 9.64. The quantitative estimate of drug-likeness (QED) is 0.803. The van der Waals surface area contributed by atoms with Gasteiger partial charge in [0.25, 0.3) is 0 Å². The molecule has 0 bridgehead atoms. The van der Waals surface area contributed by atoms with E-state index in [0.717, 1.165) is 5.56 Å². The van der Waals surface area contributed by atoms with E-state index in [2.05, 4.69) is 0 Å². The lowest BCUT2D eigenvalue weighted by molar-refractivity contribution is -0.131. The van der Waals surface area contributed by atoms with E-state index in [1.165, 1.54) is 10.4 Å². The highest BCUT2D eigenvalue weighted by Gasteiger charge is 2.39. The highest BCUT2D eigenvalue weighted by atomic mass is 32.2. The van der Waals surface area contributed by atoms with Gasteiger partial charge in [0.2, 0.25) is 10.0 Å². The molecule has 0 amide bonds. The first-order valence-corrected chi connectivity index (χ1v) is 8.24.